The topological polar surface area (TPSA) is 58.2 Å². The maximum absolute atomic E-state index is 12.1. The molecule has 0 unspecified atom stereocenters. The first-order chi connectivity index (χ1) is 10.1. The summed E-state index contributed by atoms with van der Waals surface area (Å²) < 4.78 is 36.3. The van der Waals surface area contributed by atoms with Crippen molar-refractivity contribution in [3.8, 4) is 0 Å². The molecule has 0 saturated heterocycles. The molecule has 1 aromatic carbocycles. The summed E-state index contributed by atoms with van der Waals surface area (Å²) in [6, 6.07) is 5.36. The lowest BCUT2D eigenvalue weighted by atomic mass is 10.1. The normalized spacial score (nSPS) is 12.2. The van der Waals surface area contributed by atoms with Gasteiger partial charge in [0.1, 0.15) is 0 Å². The van der Waals surface area contributed by atoms with Gasteiger partial charge in [-0.15, -0.1) is 0 Å². The predicted octanol–water partition coefficient (Wildman–Crippen LogP) is 3.73. The average Bonchev–Trinajstić information content (AvgIpc) is 2.39. The summed E-state index contributed by atoms with van der Waals surface area (Å²) in [4.78, 5) is 22.5. The summed E-state index contributed by atoms with van der Waals surface area (Å²) in [5, 5.41) is 4.31. The van der Waals surface area contributed by atoms with Crippen LogP contribution in [0.2, 0.25) is 0 Å². The summed E-state index contributed by atoms with van der Waals surface area (Å²) in [6.07, 6.45) is -3.48. The first-order valence-electron chi connectivity index (χ1n) is 6.57. The zero-order valence-corrected chi connectivity index (χ0v) is 12.4. The molecule has 22 heavy (non-hydrogen) atoms. The molecule has 4 nitrogen and oxygen atoms in total. The van der Waals surface area contributed by atoms with Crippen molar-refractivity contribution in [3.05, 3.63) is 35.9 Å². The first-order valence-corrected chi connectivity index (χ1v) is 6.57. The molecule has 0 fully saturated rings. The van der Waals surface area contributed by atoms with Crippen LogP contribution < -0.4 is 10.6 Å². The van der Waals surface area contributed by atoms with Crippen LogP contribution in [0.15, 0.2) is 35.9 Å². The summed E-state index contributed by atoms with van der Waals surface area (Å²) in [6.45, 7) is 5.74. The number of carbonyl (C=O) groups excluding carboxylic acids is 2. The van der Waals surface area contributed by atoms with Crippen molar-refractivity contribution >= 4 is 23.2 Å². The van der Waals surface area contributed by atoms with Gasteiger partial charge in [0.15, 0.2) is 0 Å². The van der Waals surface area contributed by atoms with Crippen molar-refractivity contribution in [1.29, 1.82) is 0 Å². The molecule has 0 aliphatic heterocycles. The number of alkyl halides is 3. The smallest absolute Gasteiger partial charge is 0.323 e. The highest BCUT2D eigenvalue weighted by Crippen LogP contribution is 2.19. The fourth-order valence-corrected chi connectivity index (χ4v) is 1.39. The maximum Gasteiger partial charge on any atom is 0.471 e. The van der Waals surface area contributed by atoms with Crippen molar-refractivity contribution in [2.45, 2.75) is 26.9 Å². The number of allylic oxidation sites excluding steroid dienone is 1. The fraction of sp³-hybridized carbons (Fsp3) is 0.333. The number of nitrogens with one attached hydrogen (secondary N) is 2. The standard InChI is InChI=1S/C15H17F3N2O2/c1-9(2)10(3)8-13(21)19-11-4-6-12(7-5-11)20-14(22)15(16,17)18/h4-9H,1-3H3,(H,19,21)(H,20,22)/b10-8+. The number of hydrogen-bond acceptors (Lipinski definition) is 2. The zero-order chi connectivity index (χ0) is 16.9. The Hall–Kier alpha value is -2.31. The van der Waals surface area contributed by atoms with Crippen LogP contribution in [-0.2, 0) is 9.59 Å². The van der Waals surface area contributed by atoms with Gasteiger partial charge in [0.25, 0.3) is 0 Å². The van der Waals surface area contributed by atoms with E-state index >= 15 is 0 Å². The molecule has 0 atom stereocenters. The van der Waals surface area contributed by atoms with Crippen LogP contribution in [0.5, 0.6) is 0 Å². The lowest BCUT2D eigenvalue weighted by Crippen LogP contribution is -2.29. The minimum Gasteiger partial charge on any atom is -0.323 e. The van der Waals surface area contributed by atoms with E-state index in [9.17, 15) is 22.8 Å². The van der Waals surface area contributed by atoms with Gasteiger partial charge < -0.3 is 10.6 Å². The van der Waals surface area contributed by atoms with E-state index in [2.05, 4.69) is 5.32 Å². The SMILES string of the molecule is C/C(=C\C(=O)Nc1ccc(NC(=O)C(F)(F)F)cc1)C(C)C. The highest BCUT2D eigenvalue weighted by Gasteiger charge is 2.38. The van der Waals surface area contributed by atoms with E-state index in [1.165, 1.54) is 30.3 Å². The highest BCUT2D eigenvalue weighted by molar-refractivity contribution is 6.00. The molecule has 1 rings (SSSR count). The van der Waals surface area contributed by atoms with Crippen LogP contribution in [0.4, 0.5) is 24.5 Å². The quantitative estimate of drug-likeness (QED) is 0.832. The minimum absolute atomic E-state index is 0.00535. The molecule has 0 spiro atoms. The monoisotopic (exact) mass is 314 g/mol. The average molecular weight is 314 g/mol. The van der Waals surface area contributed by atoms with Crippen molar-refractivity contribution in [1.82, 2.24) is 0 Å². The molecule has 2 amide bonds. The number of anilines is 2. The van der Waals surface area contributed by atoms with Gasteiger partial charge in [0.2, 0.25) is 5.91 Å². The van der Waals surface area contributed by atoms with Gasteiger partial charge in [0, 0.05) is 17.5 Å². The second kappa shape index (κ2) is 7.11. The van der Waals surface area contributed by atoms with Gasteiger partial charge in [-0.25, -0.2) is 0 Å². The molecule has 1 aromatic rings. The molecule has 0 aliphatic carbocycles. The molecule has 2 N–H and O–H groups in total. The Morgan fingerprint density at radius 1 is 1.05 bits per heavy atom. The van der Waals surface area contributed by atoms with Crippen molar-refractivity contribution in [2.24, 2.45) is 5.92 Å². The van der Waals surface area contributed by atoms with Gasteiger partial charge in [-0.1, -0.05) is 19.4 Å². The molecular formula is C15H17F3N2O2. The fourth-order valence-electron chi connectivity index (χ4n) is 1.39. The Morgan fingerprint density at radius 2 is 1.50 bits per heavy atom. The molecule has 120 valence electrons. The number of benzene rings is 1. The van der Waals surface area contributed by atoms with Gasteiger partial charge in [-0.3, -0.25) is 9.59 Å². The van der Waals surface area contributed by atoms with Crippen molar-refractivity contribution in [3.63, 3.8) is 0 Å². The third-order valence-electron chi connectivity index (χ3n) is 2.94. The minimum atomic E-state index is -4.94. The van der Waals surface area contributed by atoms with Crippen LogP contribution in [0.25, 0.3) is 0 Å². The number of carbonyl (C=O) groups is 2. The van der Waals surface area contributed by atoms with Gasteiger partial charge in [-0.2, -0.15) is 13.2 Å². The largest absolute Gasteiger partial charge is 0.471 e. The Morgan fingerprint density at radius 3 is 1.91 bits per heavy atom. The van der Waals surface area contributed by atoms with E-state index in [0.717, 1.165) is 5.57 Å². The second-order valence-corrected chi connectivity index (χ2v) is 5.06. The Kier molecular flexibility index (Phi) is 5.73. The molecule has 0 heterocycles. The zero-order valence-electron chi connectivity index (χ0n) is 12.4. The Bertz CT molecular complexity index is 575. The molecular weight excluding hydrogens is 297 g/mol. The molecule has 7 heteroatoms. The summed E-state index contributed by atoms with van der Waals surface area (Å²) in [7, 11) is 0. The highest BCUT2D eigenvalue weighted by atomic mass is 19.4. The molecule has 0 aromatic heterocycles. The Balaban J connectivity index is 2.68. The lowest BCUT2D eigenvalue weighted by molar-refractivity contribution is -0.167. The summed E-state index contributed by atoms with van der Waals surface area (Å²) >= 11 is 0. The van der Waals surface area contributed by atoms with E-state index in [0.29, 0.717) is 5.69 Å². The number of amides is 2. The van der Waals surface area contributed by atoms with Crippen LogP contribution >= 0.6 is 0 Å². The van der Waals surface area contributed by atoms with Crippen molar-refractivity contribution in [2.75, 3.05) is 10.6 Å². The molecule has 0 saturated carbocycles. The van der Waals surface area contributed by atoms with E-state index in [1.807, 2.05) is 20.8 Å². The second-order valence-electron chi connectivity index (χ2n) is 5.06. The number of halogens is 3. The molecule has 0 aliphatic rings. The lowest BCUT2D eigenvalue weighted by Gasteiger charge is -2.09. The molecule has 0 radical (unpaired) electrons. The predicted molar refractivity (Wildman–Crippen MR) is 78.4 cm³/mol. The van der Waals surface area contributed by atoms with Gasteiger partial charge in [-0.05, 0) is 37.1 Å². The number of hydrogen-bond donors (Lipinski definition) is 2. The van der Waals surface area contributed by atoms with Crippen LogP contribution in [-0.4, -0.2) is 18.0 Å². The van der Waals surface area contributed by atoms with Crippen molar-refractivity contribution < 1.29 is 22.8 Å². The first kappa shape index (κ1) is 17.7. The number of rotatable bonds is 4. The van der Waals surface area contributed by atoms with Gasteiger partial charge in [0.05, 0.1) is 0 Å². The van der Waals surface area contributed by atoms with E-state index in [4.69, 9.17) is 0 Å². The maximum atomic E-state index is 12.1. The third kappa shape index (κ3) is 5.59. The van der Waals surface area contributed by atoms with E-state index in [1.54, 1.807) is 5.32 Å². The van der Waals surface area contributed by atoms with Crippen LogP contribution in [0, 0.1) is 5.92 Å². The van der Waals surface area contributed by atoms with E-state index in [-0.39, 0.29) is 17.5 Å². The molecule has 0 bridgehead atoms. The summed E-state index contributed by atoms with van der Waals surface area (Å²) in [5.41, 5.74) is 1.32. The third-order valence-corrected chi connectivity index (χ3v) is 2.94. The van der Waals surface area contributed by atoms with Gasteiger partial charge >= 0.3 is 12.1 Å². The Labute approximate surface area is 126 Å². The van der Waals surface area contributed by atoms with E-state index < -0.39 is 12.1 Å². The summed E-state index contributed by atoms with van der Waals surface area (Å²) in [5.74, 6) is -2.12. The van der Waals surface area contributed by atoms with Crippen LogP contribution in [0.1, 0.15) is 20.8 Å². The van der Waals surface area contributed by atoms with Crippen LogP contribution in [0.3, 0.4) is 0 Å².